The maximum atomic E-state index is 11.6. The highest BCUT2D eigenvalue weighted by Crippen LogP contribution is 2.13. The van der Waals surface area contributed by atoms with Gasteiger partial charge in [0, 0.05) is 12.5 Å². The first-order valence-corrected chi connectivity index (χ1v) is 5.03. The molecule has 76 valence electrons. The normalized spacial score (nSPS) is 22.5. The van der Waals surface area contributed by atoms with Crippen LogP contribution in [0.15, 0.2) is 0 Å². The van der Waals surface area contributed by atoms with Crippen LogP contribution in [0, 0.1) is 5.92 Å². The second-order valence-corrected chi connectivity index (χ2v) is 3.76. The molecule has 0 N–H and O–H groups in total. The van der Waals surface area contributed by atoms with E-state index >= 15 is 0 Å². The van der Waals surface area contributed by atoms with E-state index in [2.05, 4.69) is 11.8 Å². The first-order valence-electron chi connectivity index (χ1n) is 5.03. The fourth-order valence-electron chi connectivity index (χ4n) is 1.64. The fourth-order valence-corrected chi connectivity index (χ4v) is 1.64. The van der Waals surface area contributed by atoms with Crippen LogP contribution in [-0.4, -0.2) is 44.0 Å². The highest BCUT2D eigenvalue weighted by atomic mass is 16.5. The third-order valence-electron chi connectivity index (χ3n) is 2.42. The summed E-state index contributed by atoms with van der Waals surface area (Å²) in [6.45, 7) is 5.10. The van der Waals surface area contributed by atoms with Gasteiger partial charge in [-0.25, -0.2) is 0 Å². The molecule has 0 aromatic rings. The Bertz CT molecular complexity index is 164. The Morgan fingerprint density at radius 3 is 2.92 bits per heavy atom. The lowest BCUT2D eigenvalue weighted by atomic mass is 10.0. The van der Waals surface area contributed by atoms with Gasteiger partial charge in [-0.2, -0.15) is 0 Å². The maximum Gasteiger partial charge on any atom is 0.152 e. The molecule has 0 aliphatic carbocycles. The topological polar surface area (TPSA) is 29.5 Å². The van der Waals surface area contributed by atoms with Crippen LogP contribution in [0.25, 0.3) is 0 Å². The van der Waals surface area contributed by atoms with Gasteiger partial charge in [0.25, 0.3) is 0 Å². The summed E-state index contributed by atoms with van der Waals surface area (Å²) in [5, 5.41) is 0. The summed E-state index contributed by atoms with van der Waals surface area (Å²) >= 11 is 0. The lowest BCUT2D eigenvalue weighted by Crippen LogP contribution is -2.31. The Labute approximate surface area is 80.1 Å². The molecule has 0 amide bonds. The third-order valence-corrected chi connectivity index (χ3v) is 2.42. The number of likely N-dealkylation sites (N-methyl/N-ethyl adjacent to an activating group) is 1. The summed E-state index contributed by atoms with van der Waals surface area (Å²) in [7, 11) is 2.00. The van der Waals surface area contributed by atoms with Gasteiger partial charge in [-0.05, 0) is 26.4 Å². The van der Waals surface area contributed by atoms with E-state index in [1.165, 1.54) is 0 Å². The van der Waals surface area contributed by atoms with Gasteiger partial charge in [-0.1, -0.05) is 6.92 Å². The predicted octanol–water partition coefficient (Wildman–Crippen LogP) is 0.934. The molecule has 1 rings (SSSR count). The molecule has 1 aliphatic rings. The molecule has 0 aromatic heterocycles. The molecule has 0 radical (unpaired) electrons. The van der Waals surface area contributed by atoms with Crippen molar-refractivity contribution in [3.8, 4) is 0 Å². The zero-order valence-electron chi connectivity index (χ0n) is 8.58. The van der Waals surface area contributed by atoms with Gasteiger partial charge in [-0.3, -0.25) is 9.69 Å². The number of carbonyl (C=O) groups is 1. The quantitative estimate of drug-likeness (QED) is 0.638. The molecule has 1 aliphatic heterocycles. The van der Waals surface area contributed by atoms with Gasteiger partial charge in [-0.15, -0.1) is 0 Å². The van der Waals surface area contributed by atoms with Crippen LogP contribution >= 0.6 is 0 Å². The fraction of sp³-hybridized carbons (Fsp3) is 0.900. The van der Waals surface area contributed by atoms with E-state index in [-0.39, 0.29) is 5.92 Å². The van der Waals surface area contributed by atoms with E-state index < -0.39 is 0 Å². The lowest BCUT2D eigenvalue weighted by molar-refractivity contribution is -0.123. The zero-order chi connectivity index (χ0) is 9.68. The van der Waals surface area contributed by atoms with Crippen molar-refractivity contribution >= 4 is 5.78 Å². The number of carbonyl (C=O) groups excluding carboxylic acids is 1. The molecule has 0 aromatic carbocycles. The average Bonchev–Trinajstić information content (AvgIpc) is 2.55. The van der Waals surface area contributed by atoms with Crippen molar-refractivity contribution in [3.05, 3.63) is 0 Å². The van der Waals surface area contributed by atoms with Crippen LogP contribution in [0.4, 0.5) is 0 Å². The number of rotatable bonds is 5. The van der Waals surface area contributed by atoms with E-state index in [0.717, 1.165) is 26.0 Å². The molecule has 1 saturated heterocycles. The molecule has 0 saturated carbocycles. The second-order valence-electron chi connectivity index (χ2n) is 3.76. The molecule has 13 heavy (non-hydrogen) atoms. The molecule has 1 fully saturated rings. The van der Waals surface area contributed by atoms with Gasteiger partial charge in [0.1, 0.15) is 0 Å². The van der Waals surface area contributed by atoms with Gasteiger partial charge >= 0.3 is 0 Å². The van der Waals surface area contributed by atoms with Crippen LogP contribution in [-0.2, 0) is 9.53 Å². The molecular formula is C10H19NO2. The summed E-state index contributed by atoms with van der Waals surface area (Å²) in [6.07, 6.45) is 2.02. The molecule has 1 heterocycles. The molecule has 1 unspecified atom stereocenters. The van der Waals surface area contributed by atoms with Crippen molar-refractivity contribution < 1.29 is 9.53 Å². The monoisotopic (exact) mass is 185 g/mol. The highest BCUT2D eigenvalue weighted by molar-refractivity contribution is 5.83. The third kappa shape index (κ3) is 3.44. The first kappa shape index (κ1) is 10.7. The number of hydrogen-bond acceptors (Lipinski definition) is 3. The number of nitrogens with zero attached hydrogens (tertiary/aromatic N) is 1. The highest BCUT2D eigenvalue weighted by Gasteiger charge is 2.23. The average molecular weight is 185 g/mol. The van der Waals surface area contributed by atoms with Crippen molar-refractivity contribution in [2.45, 2.75) is 19.8 Å². The van der Waals surface area contributed by atoms with Crippen LogP contribution in [0.3, 0.4) is 0 Å². The molecule has 3 heteroatoms. The standard InChI is InChI=1S/C10H19NO2/c1-3-5-11(2)7-10(12)9-4-6-13-8-9/h9H,3-8H2,1-2H3. The minimum Gasteiger partial charge on any atom is -0.381 e. The van der Waals surface area contributed by atoms with Crippen molar-refractivity contribution in [2.75, 3.05) is 33.4 Å². The predicted molar refractivity (Wildman–Crippen MR) is 51.7 cm³/mol. The van der Waals surface area contributed by atoms with Gasteiger partial charge in [0.2, 0.25) is 0 Å². The Hall–Kier alpha value is -0.410. The minimum absolute atomic E-state index is 0.166. The SMILES string of the molecule is CCCN(C)CC(=O)C1CCOC1. The van der Waals surface area contributed by atoms with Crippen molar-refractivity contribution in [2.24, 2.45) is 5.92 Å². The summed E-state index contributed by atoms with van der Waals surface area (Å²) in [5.74, 6) is 0.507. The number of ether oxygens (including phenoxy) is 1. The maximum absolute atomic E-state index is 11.6. The summed E-state index contributed by atoms with van der Waals surface area (Å²) in [5.41, 5.74) is 0. The van der Waals surface area contributed by atoms with E-state index in [0.29, 0.717) is 18.9 Å². The van der Waals surface area contributed by atoms with E-state index in [4.69, 9.17) is 4.74 Å². The lowest BCUT2D eigenvalue weighted by Gasteiger charge is -2.16. The molecular weight excluding hydrogens is 166 g/mol. The van der Waals surface area contributed by atoms with Crippen LogP contribution in [0.5, 0.6) is 0 Å². The van der Waals surface area contributed by atoms with Gasteiger partial charge < -0.3 is 4.74 Å². The van der Waals surface area contributed by atoms with Gasteiger partial charge in [0.05, 0.1) is 13.2 Å². The zero-order valence-corrected chi connectivity index (χ0v) is 8.58. The summed E-state index contributed by atoms with van der Waals surface area (Å²) in [4.78, 5) is 13.7. The first-order chi connectivity index (χ1) is 6.24. The molecule has 3 nitrogen and oxygen atoms in total. The molecule has 1 atom stereocenters. The van der Waals surface area contributed by atoms with Gasteiger partial charge in [0.15, 0.2) is 5.78 Å². The van der Waals surface area contributed by atoms with E-state index in [1.807, 2.05) is 7.05 Å². The van der Waals surface area contributed by atoms with E-state index in [1.54, 1.807) is 0 Å². The van der Waals surface area contributed by atoms with E-state index in [9.17, 15) is 4.79 Å². The molecule has 0 spiro atoms. The Balaban J connectivity index is 2.23. The van der Waals surface area contributed by atoms with Crippen molar-refractivity contribution in [3.63, 3.8) is 0 Å². The Morgan fingerprint density at radius 1 is 1.62 bits per heavy atom. The van der Waals surface area contributed by atoms with Crippen molar-refractivity contribution in [1.29, 1.82) is 0 Å². The smallest absolute Gasteiger partial charge is 0.152 e. The second kappa shape index (κ2) is 5.35. The molecule has 0 bridgehead atoms. The Kier molecular flexibility index (Phi) is 4.39. The summed E-state index contributed by atoms with van der Waals surface area (Å²) in [6, 6.07) is 0. The Morgan fingerprint density at radius 2 is 2.38 bits per heavy atom. The number of ketones is 1. The number of Topliss-reactive ketones (excluding diaryl/α,β-unsaturated/α-hetero) is 1. The van der Waals surface area contributed by atoms with Crippen LogP contribution in [0.1, 0.15) is 19.8 Å². The minimum atomic E-state index is 0.166. The largest absolute Gasteiger partial charge is 0.381 e. The van der Waals surface area contributed by atoms with Crippen LogP contribution in [0.2, 0.25) is 0 Å². The number of hydrogen-bond donors (Lipinski definition) is 0. The van der Waals surface area contributed by atoms with Crippen molar-refractivity contribution in [1.82, 2.24) is 4.90 Å². The van der Waals surface area contributed by atoms with Crippen LogP contribution < -0.4 is 0 Å². The summed E-state index contributed by atoms with van der Waals surface area (Å²) < 4.78 is 5.18.